The van der Waals surface area contributed by atoms with Gasteiger partial charge in [-0.2, -0.15) is 0 Å². The molecule has 0 aliphatic heterocycles. The van der Waals surface area contributed by atoms with E-state index in [2.05, 4.69) is 0 Å². The standard InChI is InChI=1S/C22H50O8S4Si2/c1-9-23-21(35(25-11-3,26-12-4)27-13-5)17-19-31-33-34-32-20-18-22(24-10-2)36(28-14-6,29-15-7)30-16-8/h21-22H,9-20H2,1-8H3. The Morgan fingerprint density at radius 1 is 0.444 bits per heavy atom. The summed E-state index contributed by atoms with van der Waals surface area (Å²) in [7, 11) is 1.41. The zero-order chi connectivity index (χ0) is 27.1. The van der Waals surface area contributed by atoms with Crippen molar-refractivity contribution in [3.63, 3.8) is 0 Å². The molecule has 0 aromatic rings. The van der Waals surface area contributed by atoms with E-state index < -0.39 is 17.6 Å². The molecule has 0 bridgehead atoms. The number of hydrogen-bond donors (Lipinski definition) is 0. The van der Waals surface area contributed by atoms with E-state index >= 15 is 0 Å². The van der Waals surface area contributed by atoms with Crippen molar-refractivity contribution in [3.05, 3.63) is 0 Å². The molecular weight excluding hydrogens is 577 g/mol. The summed E-state index contributed by atoms with van der Waals surface area (Å²) in [4.78, 5) is 0. The Morgan fingerprint density at radius 3 is 0.944 bits per heavy atom. The van der Waals surface area contributed by atoms with Crippen molar-refractivity contribution in [1.29, 1.82) is 0 Å². The highest BCUT2D eigenvalue weighted by atomic mass is 33.7. The van der Waals surface area contributed by atoms with Crippen LogP contribution in [-0.4, -0.2) is 93.4 Å². The second kappa shape index (κ2) is 24.3. The molecule has 36 heavy (non-hydrogen) atoms. The molecule has 0 saturated carbocycles. The molecular formula is C22H50O8S4Si2. The molecule has 0 saturated heterocycles. The van der Waals surface area contributed by atoms with E-state index in [9.17, 15) is 0 Å². The average molecular weight is 627 g/mol. The van der Waals surface area contributed by atoms with E-state index in [0.717, 1.165) is 24.3 Å². The first-order valence-corrected chi connectivity index (χ1v) is 21.9. The lowest BCUT2D eigenvalue weighted by Crippen LogP contribution is -2.57. The highest BCUT2D eigenvalue weighted by Crippen LogP contribution is 2.44. The lowest BCUT2D eigenvalue weighted by atomic mass is 10.5. The lowest BCUT2D eigenvalue weighted by molar-refractivity contribution is -0.00749. The molecule has 14 heteroatoms. The van der Waals surface area contributed by atoms with Gasteiger partial charge in [-0.3, -0.25) is 0 Å². The summed E-state index contributed by atoms with van der Waals surface area (Å²) in [5.41, 5.74) is -0.317. The van der Waals surface area contributed by atoms with Gasteiger partial charge in [-0.1, -0.05) is 21.6 Å². The molecule has 0 radical (unpaired) electrons. The molecule has 2 unspecified atom stereocenters. The average Bonchev–Trinajstić information content (AvgIpc) is 2.85. The van der Waals surface area contributed by atoms with Crippen LogP contribution in [0.2, 0.25) is 0 Å². The van der Waals surface area contributed by atoms with Crippen LogP contribution in [0.5, 0.6) is 0 Å². The summed E-state index contributed by atoms with van der Waals surface area (Å²) in [6, 6.07) is 0. The molecule has 0 aromatic carbocycles. The summed E-state index contributed by atoms with van der Waals surface area (Å²) in [6.07, 6.45) is 1.64. The predicted octanol–water partition coefficient (Wildman–Crippen LogP) is 6.43. The van der Waals surface area contributed by atoms with Crippen molar-refractivity contribution in [1.82, 2.24) is 0 Å². The van der Waals surface area contributed by atoms with E-state index in [1.807, 2.05) is 77.0 Å². The van der Waals surface area contributed by atoms with Crippen molar-refractivity contribution in [2.75, 3.05) is 64.4 Å². The zero-order valence-electron chi connectivity index (χ0n) is 23.5. The molecule has 2 atom stereocenters. The van der Waals surface area contributed by atoms with Gasteiger partial charge in [-0.15, -0.1) is 0 Å². The molecule has 0 fully saturated rings. The molecule has 8 nitrogen and oxygen atoms in total. The highest BCUT2D eigenvalue weighted by Gasteiger charge is 2.51. The number of rotatable bonds is 27. The Bertz CT molecular complexity index is 427. The Balaban J connectivity index is 4.69. The van der Waals surface area contributed by atoms with Crippen molar-refractivity contribution in [2.45, 2.75) is 79.7 Å². The fourth-order valence-corrected chi connectivity index (χ4v) is 15.9. The Kier molecular flexibility index (Phi) is 25.3. The van der Waals surface area contributed by atoms with Crippen LogP contribution < -0.4 is 0 Å². The van der Waals surface area contributed by atoms with Crippen LogP contribution in [0.1, 0.15) is 68.2 Å². The van der Waals surface area contributed by atoms with Gasteiger partial charge in [0.2, 0.25) is 0 Å². The van der Waals surface area contributed by atoms with Crippen molar-refractivity contribution in [3.8, 4) is 0 Å². The van der Waals surface area contributed by atoms with Gasteiger partial charge in [0.05, 0.1) is 0 Å². The molecule has 0 N–H and O–H groups in total. The van der Waals surface area contributed by atoms with Gasteiger partial charge < -0.3 is 36.0 Å². The van der Waals surface area contributed by atoms with Gasteiger partial charge in [-0.25, -0.2) is 0 Å². The number of hydrogen-bond acceptors (Lipinski definition) is 12. The molecule has 218 valence electrons. The summed E-state index contributed by atoms with van der Waals surface area (Å²) in [5.74, 6) is 1.84. The highest BCUT2D eigenvalue weighted by molar-refractivity contribution is 9.26. The van der Waals surface area contributed by atoms with Gasteiger partial charge in [0.15, 0.2) is 0 Å². The van der Waals surface area contributed by atoms with E-state index in [-0.39, 0.29) is 11.5 Å². The molecule has 0 amide bonds. The third-order valence-electron chi connectivity index (χ3n) is 4.65. The minimum Gasteiger partial charge on any atom is -0.374 e. The quantitative estimate of drug-likeness (QED) is 0.0573. The lowest BCUT2D eigenvalue weighted by Gasteiger charge is -2.34. The zero-order valence-corrected chi connectivity index (χ0v) is 28.8. The first-order chi connectivity index (χ1) is 17.5. The third kappa shape index (κ3) is 14.2. The fourth-order valence-electron chi connectivity index (χ4n) is 3.56. The molecule has 0 aliphatic carbocycles. The molecule has 0 aliphatic rings. The molecule has 0 aromatic heterocycles. The third-order valence-corrected chi connectivity index (χ3v) is 17.8. The molecule has 0 spiro atoms. The maximum atomic E-state index is 6.06. The van der Waals surface area contributed by atoms with Gasteiger partial charge in [0.25, 0.3) is 0 Å². The monoisotopic (exact) mass is 626 g/mol. The van der Waals surface area contributed by atoms with Crippen LogP contribution in [0.15, 0.2) is 0 Å². The minimum atomic E-state index is -2.89. The summed E-state index contributed by atoms with van der Waals surface area (Å²) < 4.78 is 48.5. The normalized spacial score (nSPS) is 14.3. The smallest absolute Gasteiger partial charge is 0.374 e. The minimum absolute atomic E-state index is 0.158. The summed E-state index contributed by atoms with van der Waals surface area (Å²) >= 11 is 0. The van der Waals surface area contributed by atoms with E-state index in [0.29, 0.717) is 52.9 Å². The summed E-state index contributed by atoms with van der Waals surface area (Å²) in [6.45, 7) is 20.3. The maximum absolute atomic E-state index is 6.06. The van der Waals surface area contributed by atoms with E-state index in [1.54, 1.807) is 19.7 Å². The SMILES string of the molecule is CCOC(CCSSSSCCC(OCC)[Si](OCC)(OCC)OCC)[Si](OCC)(OCC)OCC. The first-order valence-electron chi connectivity index (χ1n) is 13.1. The second-order valence-electron chi connectivity index (χ2n) is 7.05. The predicted molar refractivity (Wildman–Crippen MR) is 161 cm³/mol. The van der Waals surface area contributed by atoms with Gasteiger partial charge in [0.1, 0.15) is 11.5 Å². The second-order valence-corrected chi connectivity index (χ2v) is 18.7. The van der Waals surface area contributed by atoms with Crippen LogP contribution in [0.3, 0.4) is 0 Å². The Morgan fingerprint density at radius 2 is 0.722 bits per heavy atom. The molecule has 0 rings (SSSR count). The largest absolute Gasteiger partial charge is 0.531 e. The van der Waals surface area contributed by atoms with Gasteiger partial charge in [-0.05, 0) is 87.9 Å². The topological polar surface area (TPSA) is 73.8 Å². The van der Waals surface area contributed by atoms with E-state index in [1.165, 1.54) is 0 Å². The van der Waals surface area contributed by atoms with Crippen LogP contribution >= 0.6 is 41.2 Å². The Labute approximate surface area is 238 Å². The van der Waals surface area contributed by atoms with Crippen molar-refractivity contribution in [2.24, 2.45) is 0 Å². The van der Waals surface area contributed by atoms with Crippen LogP contribution in [0, 0.1) is 0 Å². The van der Waals surface area contributed by atoms with Crippen molar-refractivity contribution < 1.29 is 36.0 Å². The van der Waals surface area contributed by atoms with Crippen LogP contribution in [-0.2, 0) is 36.0 Å². The first kappa shape index (κ1) is 37.5. The number of ether oxygens (including phenoxy) is 2. The van der Waals surface area contributed by atoms with Crippen LogP contribution in [0.25, 0.3) is 0 Å². The van der Waals surface area contributed by atoms with Gasteiger partial charge >= 0.3 is 17.6 Å². The summed E-state index contributed by atoms with van der Waals surface area (Å²) in [5, 5.41) is 0. The van der Waals surface area contributed by atoms with E-state index in [4.69, 9.17) is 36.0 Å². The molecule has 0 heterocycles. The van der Waals surface area contributed by atoms with Crippen LogP contribution in [0.4, 0.5) is 0 Å². The van der Waals surface area contributed by atoms with Crippen molar-refractivity contribution >= 4 is 58.8 Å². The Hall–Kier alpha value is 1.51. The maximum Gasteiger partial charge on any atom is 0.531 e. The fraction of sp³-hybridized carbons (Fsp3) is 1.00. The van der Waals surface area contributed by atoms with Gasteiger partial charge in [0, 0.05) is 64.4 Å².